The van der Waals surface area contributed by atoms with Crippen LogP contribution in [0.15, 0.2) is 55.1 Å². The molecule has 2 aliphatic heterocycles. The molecule has 0 unspecified atom stereocenters. The van der Waals surface area contributed by atoms with Crippen LogP contribution >= 0.6 is 11.6 Å². The highest BCUT2D eigenvalue weighted by Crippen LogP contribution is 2.38. The normalized spacial score (nSPS) is 15.9. The number of anilines is 1. The number of ether oxygens (including phenoxy) is 1. The van der Waals surface area contributed by atoms with Crippen LogP contribution in [-0.2, 0) is 17.8 Å². The summed E-state index contributed by atoms with van der Waals surface area (Å²) < 4.78 is 7.51. The standard InChI is InChI=1S/C29H30ClN7O4/c30-23-6-2-1-5-21(23)22-16-36(27-25(22)28(33-18-32-27)41-15-14-38)17-24(39)35-11-8-20(9-12-35)37-13-7-19-4-3-10-31-26(19)34-29(37)40/h1-6,10,16,18,20,38H,7-9,11-15,17H2,(H,31,34,40). The van der Waals surface area contributed by atoms with Crippen molar-refractivity contribution in [3.63, 3.8) is 0 Å². The maximum Gasteiger partial charge on any atom is 0.323 e. The van der Waals surface area contributed by atoms with Gasteiger partial charge in [-0.2, -0.15) is 0 Å². The van der Waals surface area contributed by atoms with Crippen molar-refractivity contribution in [3.8, 4) is 17.0 Å². The third-order valence-electron chi connectivity index (χ3n) is 7.68. The number of pyridine rings is 1. The molecule has 3 aromatic heterocycles. The zero-order valence-corrected chi connectivity index (χ0v) is 23.1. The third-order valence-corrected chi connectivity index (χ3v) is 8.01. The van der Waals surface area contributed by atoms with Crippen LogP contribution in [0, 0.1) is 0 Å². The van der Waals surface area contributed by atoms with Gasteiger partial charge in [-0.3, -0.25) is 10.1 Å². The van der Waals surface area contributed by atoms with Crippen LogP contribution in [0.1, 0.15) is 18.4 Å². The maximum atomic E-state index is 13.5. The number of urea groups is 1. The molecule has 0 saturated carbocycles. The second-order valence-corrected chi connectivity index (χ2v) is 10.5. The Balaban J connectivity index is 1.18. The van der Waals surface area contributed by atoms with Gasteiger partial charge in [0.25, 0.3) is 0 Å². The van der Waals surface area contributed by atoms with Crippen molar-refractivity contribution < 1.29 is 19.4 Å². The van der Waals surface area contributed by atoms with Gasteiger partial charge in [-0.05, 0) is 37.0 Å². The predicted molar refractivity (Wildman–Crippen MR) is 154 cm³/mol. The monoisotopic (exact) mass is 575 g/mol. The van der Waals surface area contributed by atoms with Crippen LogP contribution in [0.25, 0.3) is 22.2 Å². The van der Waals surface area contributed by atoms with Crippen molar-refractivity contribution in [2.45, 2.75) is 31.8 Å². The summed E-state index contributed by atoms with van der Waals surface area (Å²) in [7, 11) is 0. The molecular weight excluding hydrogens is 546 g/mol. The van der Waals surface area contributed by atoms with Gasteiger partial charge in [0.05, 0.1) is 12.0 Å². The number of carbonyl (C=O) groups excluding carboxylic acids is 2. The minimum absolute atomic E-state index is 0.0422. The minimum atomic E-state index is -0.162. The van der Waals surface area contributed by atoms with E-state index in [0.29, 0.717) is 60.2 Å². The van der Waals surface area contributed by atoms with Crippen LogP contribution in [-0.4, -0.2) is 85.3 Å². The molecule has 0 aliphatic carbocycles. The summed E-state index contributed by atoms with van der Waals surface area (Å²) in [5, 5.41) is 13.4. The molecule has 5 heterocycles. The van der Waals surface area contributed by atoms with Crippen LogP contribution < -0.4 is 10.1 Å². The lowest BCUT2D eigenvalue weighted by atomic mass is 10.0. The molecule has 2 N–H and O–H groups in total. The fraction of sp³-hybridized carbons (Fsp3) is 0.345. The number of carbonyl (C=O) groups is 2. The first kappa shape index (κ1) is 27.0. The van der Waals surface area contributed by atoms with Crippen molar-refractivity contribution in [1.29, 1.82) is 0 Å². The number of fused-ring (bicyclic) bond motifs is 2. The number of nitrogens with zero attached hydrogens (tertiary/aromatic N) is 6. The number of aromatic nitrogens is 4. The Morgan fingerprint density at radius 2 is 1.90 bits per heavy atom. The Kier molecular flexibility index (Phi) is 7.71. The molecule has 1 saturated heterocycles. The number of aliphatic hydroxyl groups excluding tert-OH is 1. The van der Waals surface area contributed by atoms with Gasteiger partial charge in [-0.15, -0.1) is 0 Å². The molecule has 2 aliphatic rings. The average Bonchev–Trinajstić information content (AvgIpc) is 3.26. The van der Waals surface area contributed by atoms with Gasteiger partial charge < -0.3 is 24.2 Å². The molecule has 12 heteroatoms. The molecule has 41 heavy (non-hydrogen) atoms. The van der Waals surface area contributed by atoms with Crippen molar-refractivity contribution in [3.05, 3.63) is 65.7 Å². The van der Waals surface area contributed by atoms with E-state index in [0.717, 1.165) is 23.1 Å². The summed E-state index contributed by atoms with van der Waals surface area (Å²) in [6.07, 6.45) is 7.05. The number of hydrogen-bond acceptors (Lipinski definition) is 7. The van der Waals surface area contributed by atoms with Crippen LogP contribution in [0.2, 0.25) is 5.02 Å². The van der Waals surface area contributed by atoms with E-state index in [1.54, 1.807) is 16.8 Å². The molecule has 4 aromatic rings. The second-order valence-electron chi connectivity index (χ2n) is 10.1. The first-order valence-corrected chi connectivity index (χ1v) is 14.0. The highest BCUT2D eigenvalue weighted by atomic mass is 35.5. The van der Waals surface area contributed by atoms with E-state index < -0.39 is 0 Å². The Labute approximate surface area is 241 Å². The van der Waals surface area contributed by atoms with Crippen molar-refractivity contribution >= 4 is 40.4 Å². The fourth-order valence-corrected chi connectivity index (χ4v) is 5.88. The van der Waals surface area contributed by atoms with Crippen molar-refractivity contribution in [2.75, 3.05) is 38.2 Å². The Morgan fingerprint density at radius 3 is 2.71 bits per heavy atom. The van der Waals surface area contributed by atoms with Gasteiger partial charge in [0.1, 0.15) is 30.9 Å². The van der Waals surface area contributed by atoms with E-state index in [2.05, 4.69) is 20.3 Å². The topological polar surface area (TPSA) is 126 Å². The predicted octanol–water partition coefficient (Wildman–Crippen LogP) is 3.60. The molecule has 0 bridgehead atoms. The number of halogens is 1. The lowest BCUT2D eigenvalue weighted by molar-refractivity contribution is -0.133. The molecule has 0 spiro atoms. The van der Waals surface area contributed by atoms with Gasteiger partial charge >= 0.3 is 6.03 Å². The highest BCUT2D eigenvalue weighted by Gasteiger charge is 2.32. The zero-order valence-electron chi connectivity index (χ0n) is 22.4. The smallest absolute Gasteiger partial charge is 0.323 e. The molecule has 0 radical (unpaired) electrons. The van der Waals surface area contributed by atoms with Crippen LogP contribution in [0.5, 0.6) is 5.88 Å². The summed E-state index contributed by atoms with van der Waals surface area (Å²) in [5.74, 6) is 0.898. The minimum Gasteiger partial charge on any atom is -0.475 e. The molecule has 6 rings (SSSR count). The Morgan fingerprint density at radius 1 is 1.07 bits per heavy atom. The number of rotatable bonds is 7. The Hall–Kier alpha value is -4.22. The first-order chi connectivity index (χ1) is 20.0. The molecule has 1 fully saturated rings. The van der Waals surface area contributed by atoms with E-state index >= 15 is 0 Å². The fourth-order valence-electron chi connectivity index (χ4n) is 5.64. The van der Waals surface area contributed by atoms with Crippen molar-refractivity contribution in [2.24, 2.45) is 0 Å². The van der Waals surface area contributed by atoms with Gasteiger partial charge in [-0.1, -0.05) is 35.9 Å². The lowest BCUT2D eigenvalue weighted by Gasteiger charge is -2.38. The highest BCUT2D eigenvalue weighted by molar-refractivity contribution is 6.33. The van der Waals surface area contributed by atoms with E-state index in [9.17, 15) is 14.7 Å². The number of amides is 3. The molecular formula is C29H30ClN7O4. The third kappa shape index (κ3) is 5.42. The van der Waals surface area contributed by atoms with E-state index in [1.165, 1.54) is 6.33 Å². The molecule has 212 valence electrons. The molecule has 3 amide bonds. The van der Waals surface area contributed by atoms with Crippen LogP contribution in [0.3, 0.4) is 0 Å². The Bertz CT molecular complexity index is 1580. The number of aliphatic hydroxyl groups is 1. The van der Waals surface area contributed by atoms with Crippen molar-refractivity contribution in [1.82, 2.24) is 29.3 Å². The number of benzene rings is 1. The summed E-state index contributed by atoms with van der Waals surface area (Å²) in [6.45, 7) is 1.70. The molecule has 0 atom stereocenters. The maximum absolute atomic E-state index is 13.5. The average molecular weight is 576 g/mol. The largest absolute Gasteiger partial charge is 0.475 e. The van der Waals surface area contributed by atoms with Gasteiger partial charge in [0, 0.05) is 54.2 Å². The molecule has 1 aromatic carbocycles. The molecule has 11 nitrogen and oxygen atoms in total. The number of likely N-dealkylation sites (tertiary alicyclic amines) is 1. The van der Waals surface area contributed by atoms with Crippen LogP contribution in [0.4, 0.5) is 10.6 Å². The van der Waals surface area contributed by atoms with Gasteiger partial charge in [-0.25, -0.2) is 19.7 Å². The number of nitrogens with one attached hydrogen (secondary N) is 1. The van der Waals surface area contributed by atoms with E-state index in [4.69, 9.17) is 16.3 Å². The number of hydrogen-bond donors (Lipinski definition) is 2. The lowest BCUT2D eigenvalue weighted by Crippen LogP contribution is -2.50. The first-order valence-electron chi connectivity index (χ1n) is 13.6. The van der Waals surface area contributed by atoms with E-state index in [1.807, 2.05) is 46.3 Å². The SMILES string of the molecule is O=C(Cn1cc(-c2ccccc2Cl)c2c(OCCO)ncnc21)N1CCC(N2CCc3cccnc3NC2=O)CC1. The van der Waals surface area contributed by atoms with Gasteiger partial charge in [0.15, 0.2) is 0 Å². The summed E-state index contributed by atoms with van der Waals surface area (Å²) in [4.78, 5) is 43.2. The zero-order chi connectivity index (χ0) is 28.3. The van der Waals surface area contributed by atoms with Gasteiger partial charge in [0.2, 0.25) is 11.8 Å². The quantitative estimate of drug-likeness (QED) is 0.345. The summed E-state index contributed by atoms with van der Waals surface area (Å²) >= 11 is 6.54. The summed E-state index contributed by atoms with van der Waals surface area (Å²) in [5.41, 5.74) is 3.08. The van der Waals surface area contributed by atoms with E-state index in [-0.39, 0.29) is 37.7 Å². The summed E-state index contributed by atoms with van der Waals surface area (Å²) in [6, 6.07) is 11.2. The second kappa shape index (κ2) is 11.7. The number of piperidine rings is 1.